The third kappa shape index (κ3) is 2.63. The second kappa shape index (κ2) is 5.27. The molecule has 2 N–H and O–H groups in total. The van der Waals surface area contributed by atoms with E-state index in [9.17, 15) is 5.11 Å². The first-order chi connectivity index (χ1) is 9.57. The highest BCUT2D eigenvalue weighted by Crippen LogP contribution is 2.31. The monoisotopic (exact) mass is 336 g/mol. The maximum absolute atomic E-state index is 10.6. The second-order valence-corrected chi connectivity index (χ2v) is 6.33. The van der Waals surface area contributed by atoms with Gasteiger partial charge in [0.25, 0.3) is 0 Å². The molecule has 1 aliphatic heterocycles. The molecule has 0 saturated carbocycles. The molecule has 0 amide bonds. The Labute approximate surface area is 126 Å². The predicted octanol–water partition coefficient (Wildman–Crippen LogP) is 1.97. The molecule has 1 aromatic carbocycles. The van der Waals surface area contributed by atoms with Crippen LogP contribution in [0.25, 0.3) is 0 Å². The van der Waals surface area contributed by atoms with Gasteiger partial charge in [-0.05, 0) is 36.6 Å². The molecule has 1 fully saturated rings. The molecule has 2 heterocycles. The van der Waals surface area contributed by atoms with Crippen molar-refractivity contribution in [2.24, 2.45) is 0 Å². The Morgan fingerprint density at radius 2 is 2.35 bits per heavy atom. The van der Waals surface area contributed by atoms with Crippen LogP contribution in [-0.4, -0.2) is 38.5 Å². The normalized spacial score (nSPS) is 23.4. The van der Waals surface area contributed by atoms with Gasteiger partial charge in [0, 0.05) is 24.1 Å². The van der Waals surface area contributed by atoms with Crippen LogP contribution >= 0.6 is 15.9 Å². The van der Waals surface area contributed by atoms with E-state index in [1.54, 1.807) is 6.20 Å². The van der Waals surface area contributed by atoms with Crippen LogP contribution in [-0.2, 0) is 12.1 Å². The summed E-state index contributed by atoms with van der Waals surface area (Å²) < 4.78 is 1.10. The number of aliphatic hydroxyl groups is 1. The number of aryl methyl sites for hydroxylation is 1. The van der Waals surface area contributed by atoms with Crippen LogP contribution in [0.1, 0.15) is 23.2 Å². The zero-order valence-corrected chi connectivity index (χ0v) is 12.9. The quantitative estimate of drug-likeness (QED) is 0.899. The first kappa shape index (κ1) is 13.7. The molecule has 0 spiro atoms. The Kier molecular flexibility index (Phi) is 3.62. The van der Waals surface area contributed by atoms with Crippen molar-refractivity contribution in [2.45, 2.75) is 25.5 Å². The minimum atomic E-state index is -0.879. The van der Waals surface area contributed by atoms with E-state index in [0.717, 1.165) is 17.6 Å². The lowest BCUT2D eigenvalue weighted by Crippen LogP contribution is -2.31. The van der Waals surface area contributed by atoms with Gasteiger partial charge in [0.15, 0.2) is 0 Å². The summed E-state index contributed by atoms with van der Waals surface area (Å²) in [5.41, 5.74) is 2.30. The number of benzene rings is 1. The summed E-state index contributed by atoms with van der Waals surface area (Å²) >= 11 is 3.48. The lowest BCUT2D eigenvalue weighted by molar-refractivity contribution is 0.0408. The highest BCUT2D eigenvalue weighted by molar-refractivity contribution is 9.10. The molecule has 1 aliphatic rings. The summed E-state index contributed by atoms with van der Waals surface area (Å²) in [5, 5.41) is 21.0. The fourth-order valence-electron chi connectivity index (χ4n) is 2.72. The van der Waals surface area contributed by atoms with E-state index in [-0.39, 0.29) is 0 Å². The molecule has 106 valence electrons. The summed E-state index contributed by atoms with van der Waals surface area (Å²) in [6.07, 6.45) is 2.30. The number of β-amino-alcohol motifs (C(OH)–C–C–N with tert-alkyl or cyclic N) is 1. The van der Waals surface area contributed by atoms with Crippen molar-refractivity contribution < 1.29 is 5.11 Å². The van der Waals surface area contributed by atoms with Crippen LogP contribution in [0.3, 0.4) is 0 Å². The summed E-state index contributed by atoms with van der Waals surface area (Å²) in [6.45, 7) is 4.41. The number of hydrogen-bond donors (Lipinski definition) is 2. The van der Waals surface area contributed by atoms with Crippen molar-refractivity contribution in [3.8, 4) is 0 Å². The van der Waals surface area contributed by atoms with E-state index in [2.05, 4.69) is 61.4 Å². The maximum Gasteiger partial charge on any atom is 0.124 e. The number of rotatable bonds is 3. The zero-order valence-electron chi connectivity index (χ0n) is 11.3. The van der Waals surface area contributed by atoms with Crippen molar-refractivity contribution >= 4 is 15.9 Å². The Hall–Kier alpha value is -1.24. The molecule has 20 heavy (non-hydrogen) atoms. The third-order valence-electron chi connectivity index (χ3n) is 3.92. The number of halogens is 1. The van der Waals surface area contributed by atoms with Crippen molar-refractivity contribution in [1.29, 1.82) is 0 Å². The first-order valence-electron chi connectivity index (χ1n) is 6.63. The average molecular weight is 337 g/mol. The molecule has 6 heteroatoms. The molecule has 5 nitrogen and oxygen atoms in total. The molecule has 3 rings (SSSR count). The zero-order chi connectivity index (χ0) is 14.2. The van der Waals surface area contributed by atoms with Gasteiger partial charge in [0.2, 0.25) is 0 Å². The van der Waals surface area contributed by atoms with Gasteiger partial charge in [-0.2, -0.15) is 15.4 Å². The van der Waals surface area contributed by atoms with Gasteiger partial charge in [-0.1, -0.05) is 22.0 Å². The number of aromatic nitrogens is 3. The first-order valence-corrected chi connectivity index (χ1v) is 7.42. The van der Waals surface area contributed by atoms with Crippen LogP contribution in [0.5, 0.6) is 0 Å². The van der Waals surface area contributed by atoms with Crippen molar-refractivity contribution in [2.75, 3.05) is 13.1 Å². The highest BCUT2D eigenvalue weighted by Gasteiger charge is 2.39. The number of aromatic amines is 1. The molecule has 0 aliphatic carbocycles. The van der Waals surface area contributed by atoms with Crippen LogP contribution in [0, 0.1) is 6.92 Å². The topological polar surface area (TPSA) is 65.0 Å². The molecule has 1 aromatic heterocycles. The number of hydrogen-bond acceptors (Lipinski definition) is 4. The number of nitrogens with one attached hydrogen (secondary N) is 1. The maximum atomic E-state index is 10.6. The SMILES string of the molecule is Cc1cc(Br)ccc1CN1CC[C@@](O)(c2cn[nH]n2)C1. The van der Waals surface area contributed by atoms with E-state index in [0.29, 0.717) is 18.7 Å². The molecule has 0 bridgehead atoms. The Morgan fingerprint density at radius 1 is 1.50 bits per heavy atom. The minimum absolute atomic E-state index is 0.592. The van der Waals surface area contributed by atoms with Crippen molar-refractivity contribution in [3.05, 3.63) is 45.7 Å². The lowest BCUT2D eigenvalue weighted by Gasteiger charge is -2.21. The summed E-state index contributed by atoms with van der Waals surface area (Å²) in [4.78, 5) is 2.25. The molecule has 1 atom stereocenters. The van der Waals surface area contributed by atoms with Crippen molar-refractivity contribution in [3.63, 3.8) is 0 Å². The minimum Gasteiger partial charge on any atom is -0.382 e. The van der Waals surface area contributed by atoms with Gasteiger partial charge >= 0.3 is 0 Å². The Bertz CT molecular complexity index is 601. The number of likely N-dealkylation sites (tertiary alicyclic amines) is 1. The standard InChI is InChI=1S/C14H17BrN4O/c1-10-6-12(15)3-2-11(10)8-19-5-4-14(20,9-19)13-7-16-18-17-13/h2-3,6-7,20H,4-5,8-9H2,1H3,(H,16,17,18)/t14-/m0/s1. The van der Waals surface area contributed by atoms with Gasteiger partial charge in [0.1, 0.15) is 11.3 Å². The molecule has 1 saturated heterocycles. The highest BCUT2D eigenvalue weighted by atomic mass is 79.9. The molecule has 0 radical (unpaired) electrons. The number of H-pyrrole nitrogens is 1. The predicted molar refractivity (Wildman–Crippen MR) is 79.1 cm³/mol. The summed E-state index contributed by atoms with van der Waals surface area (Å²) in [6, 6.07) is 6.31. The Morgan fingerprint density at radius 3 is 3.05 bits per heavy atom. The van der Waals surface area contributed by atoms with Crippen LogP contribution in [0.4, 0.5) is 0 Å². The largest absolute Gasteiger partial charge is 0.382 e. The van der Waals surface area contributed by atoms with Crippen LogP contribution in [0.2, 0.25) is 0 Å². The van der Waals surface area contributed by atoms with E-state index in [4.69, 9.17) is 0 Å². The van der Waals surface area contributed by atoms with E-state index in [1.165, 1.54) is 11.1 Å². The van der Waals surface area contributed by atoms with E-state index in [1.807, 2.05) is 0 Å². The second-order valence-electron chi connectivity index (χ2n) is 5.42. The third-order valence-corrected chi connectivity index (χ3v) is 4.41. The summed E-state index contributed by atoms with van der Waals surface area (Å²) in [5.74, 6) is 0. The van der Waals surface area contributed by atoms with Crippen molar-refractivity contribution in [1.82, 2.24) is 20.3 Å². The summed E-state index contributed by atoms with van der Waals surface area (Å²) in [7, 11) is 0. The van der Waals surface area contributed by atoms with Gasteiger partial charge in [-0.25, -0.2) is 0 Å². The lowest BCUT2D eigenvalue weighted by atomic mass is 10.00. The van der Waals surface area contributed by atoms with Gasteiger partial charge in [0.05, 0.1) is 6.20 Å². The fraction of sp³-hybridized carbons (Fsp3) is 0.429. The Balaban J connectivity index is 1.72. The van der Waals surface area contributed by atoms with Gasteiger partial charge in [-0.15, -0.1) is 0 Å². The van der Waals surface area contributed by atoms with E-state index < -0.39 is 5.60 Å². The smallest absolute Gasteiger partial charge is 0.124 e. The number of nitrogens with zero attached hydrogens (tertiary/aromatic N) is 3. The van der Waals surface area contributed by atoms with Gasteiger partial charge in [-0.3, -0.25) is 4.90 Å². The molecular formula is C14H17BrN4O. The fourth-order valence-corrected chi connectivity index (χ4v) is 3.19. The van der Waals surface area contributed by atoms with E-state index >= 15 is 0 Å². The van der Waals surface area contributed by atoms with Crippen LogP contribution < -0.4 is 0 Å². The molecule has 0 unspecified atom stereocenters. The van der Waals surface area contributed by atoms with Crippen LogP contribution in [0.15, 0.2) is 28.9 Å². The molecule has 2 aromatic rings. The average Bonchev–Trinajstić information content (AvgIpc) is 3.03. The molecular weight excluding hydrogens is 320 g/mol. The van der Waals surface area contributed by atoms with Gasteiger partial charge < -0.3 is 5.11 Å².